The molecule has 9 nitrogen and oxygen atoms in total. The second kappa shape index (κ2) is 8.51. The smallest absolute Gasteiger partial charge is 0.266 e. The maximum atomic E-state index is 13.1. The largest absolute Gasteiger partial charge is 0.454 e. The van der Waals surface area contributed by atoms with Crippen molar-refractivity contribution in [2.45, 2.75) is 33.2 Å². The number of likely N-dealkylation sites (tertiary alicyclic amines) is 1. The molecule has 1 saturated heterocycles. The van der Waals surface area contributed by atoms with Crippen LogP contribution in [-0.2, 0) is 11.3 Å². The minimum atomic E-state index is -0.334. The normalized spacial score (nSPS) is 15.8. The fourth-order valence-electron chi connectivity index (χ4n) is 4.15. The predicted molar refractivity (Wildman–Crippen MR) is 124 cm³/mol. The van der Waals surface area contributed by atoms with Crippen molar-refractivity contribution in [3.05, 3.63) is 45.3 Å². The van der Waals surface area contributed by atoms with Gasteiger partial charge >= 0.3 is 0 Å². The second-order valence-electron chi connectivity index (χ2n) is 8.50. The van der Waals surface area contributed by atoms with E-state index in [9.17, 15) is 14.4 Å². The van der Waals surface area contributed by atoms with Crippen LogP contribution < -0.4 is 20.3 Å². The quantitative estimate of drug-likeness (QED) is 0.632. The number of nitrogens with zero attached hydrogens (tertiary/aromatic N) is 3. The van der Waals surface area contributed by atoms with Crippen molar-refractivity contribution in [1.29, 1.82) is 0 Å². The minimum absolute atomic E-state index is 0.0514. The van der Waals surface area contributed by atoms with E-state index in [1.807, 2.05) is 0 Å². The Morgan fingerprint density at radius 3 is 2.76 bits per heavy atom. The number of ether oxygens (including phenoxy) is 2. The van der Waals surface area contributed by atoms with E-state index in [-0.39, 0.29) is 30.7 Å². The summed E-state index contributed by atoms with van der Waals surface area (Å²) < 4.78 is 12.0. The molecule has 10 heteroatoms. The first-order chi connectivity index (χ1) is 15.9. The number of anilines is 1. The number of amides is 2. The molecule has 1 aromatic carbocycles. The fourth-order valence-corrected chi connectivity index (χ4v) is 5.19. The number of fused-ring (bicyclic) bond motifs is 2. The van der Waals surface area contributed by atoms with E-state index in [1.54, 1.807) is 30.0 Å². The van der Waals surface area contributed by atoms with Crippen LogP contribution in [-0.4, -0.2) is 46.1 Å². The van der Waals surface area contributed by atoms with Gasteiger partial charge in [0.2, 0.25) is 12.7 Å². The van der Waals surface area contributed by atoms with E-state index in [0.29, 0.717) is 56.9 Å². The lowest BCUT2D eigenvalue weighted by Crippen LogP contribution is -2.41. The van der Waals surface area contributed by atoms with Gasteiger partial charge in [0.1, 0.15) is 11.4 Å². The number of hydrogen-bond acceptors (Lipinski definition) is 7. The van der Waals surface area contributed by atoms with Gasteiger partial charge in [0, 0.05) is 24.8 Å². The maximum absolute atomic E-state index is 13.1. The zero-order chi connectivity index (χ0) is 23.1. The first-order valence-corrected chi connectivity index (χ1v) is 11.7. The second-order valence-corrected chi connectivity index (χ2v) is 9.50. The lowest BCUT2D eigenvalue weighted by Gasteiger charge is -2.30. The summed E-state index contributed by atoms with van der Waals surface area (Å²) in [5, 5.41) is 3.21. The van der Waals surface area contributed by atoms with E-state index >= 15 is 0 Å². The molecule has 0 radical (unpaired) electrons. The van der Waals surface area contributed by atoms with Crippen molar-refractivity contribution < 1.29 is 19.1 Å². The Kier molecular flexibility index (Phi) is 5.53. The zero-order valence-corrected chi connectivity index (χ0v) is 19.2. The number of benzene rings is 1. The highest BCUT2D eigenvalue weighted by Gasteiger charge is 2.23. The van der Waals surface area contributed by atoms with Gasteiger partial charge < -0.3 is 19.7 Å². The van der Waals surface area contributed by atoms with Gasteiger partial charge in [-0.2, -0.15) is 0 Å². The molecule has 4 heterocycles. The van der Waals surface area contributed by atoms with Crippen LogP contribution in [0.3, 0.4) is 0 Å². The van der Waals surface area contributed by atoms with Gasteiger partial charge in [0.05, 0.1) is 16.6 Å². The Hall–Kier alpha value is -3.40. The van der Waals surface area contributed by atoms with Gasteiger partial charge in [-0.15, -0.1) is 11.3 Å². The summed E-state index contributed by atoms with van der Waals surface area (Å²) in [7, 11) is 0. The molecular formula is C23H24N4O5S. The van der Waals surface area contributed by atoms with Gasteiger partial charge in [-0.3, -0.25) is 19.0 Å². The molecule has 0 bridgehead atoms. The molecule has 33 heavy (non-hydrogen) atoms. The number of piperidine rings is 1. The highest BCUT2D eigenvalue weighted by molar-refractivity contribution is 7.20. The van der Waals surface area contributed by atoms with Crippen molar-refractivity contribution in [3.8, 4) is 11.5 Å². The van der Waals surface area contributed by atoms with Crippen LogP contribution in [0.4, 0.5) is 5.69 Å². The van der Waals surface area contributed by atoms with Crippen LogP contribution in [0.2, 0.25) is 0 Å². The van der Waals surface area contributed by atoms with E-state index in [0.717, 1.165) is 24.2 Å². The SMILES string of the molecule is Cc1c(C(=O)Nc2ccc3c(c2)OCO3)sc2ncn(CC(=O)N3CCC(C)CC3)c(=O)c12. The number of aryl methyl sites for hydroxylation is 1. The summed E-state index contributed by atoms with van der Waals surface area (Å²) in [5.74, 6) is 1.39. The third-order valence-corrected chi connectivity index (χ3v) is 7.39. The monoisotopic (exact) mass is 468 g/mol. The first kappa shape index (κ1) is 21.4. The van der Waals surface area contributed by atoms with Gasteiger partial charge in [-0.1, -0.05) is 6.92 Å². The van der Waals surface area contributed by atoms with E-state index in [1.165, 1.54) is 10.9 Å². The van der Waals surface area contributed by atoms with E-state index < -0.39 is 0 Å². The number of rotatable bonds is 4. The van der Waals surface area contributed by atoms with Crippen LogP contribution in [0, 0.1) is 12.8 Å². The highest BCUT2D eigenvalue weighted by atomic mass is 32.1. The Balaban J connectivity index is 1.37. The molecule has 0 unspecified atom stereocenters. The molecule has 0 aliphatic carbocycles. The Labute approximate surface area is 193 Å². The minimum Gasteiger partial charge on any atom is -0.454 e. The summed E-state index contributed by atoms with van der Waals surface area (Å²) in [6.45, 7) is 5.44. The third-order valence-electron chi connectivity index (χ3n) is 6.20. The van der Waals surface area contributed by atoms with Gasteiger partial charge in [0.25, 0.3) is 11.5 Å². The lowest BCUT2D eigenvalue weighted by molar-refractivity contribution is -0.133. The predicted octanol–water partition coefficient (Wildman–Crippen LogP) is 3.01. The number of carbonyl (C=O) groups excluding carboxylic acids is 2. The maximum Gasteiger partial charge on any atom is 0.266 e. The molecule has 5 rings (SSSR count). The van der Waals surface area contributed by atoms with Crippen LogP contribution in [0.5, 0.6) is 11.5 Å². The Bertz CT molecular complexity index is 1310. The molecule has 172 valence electrons. The van der Waals surface area contributed by atoms with Gasteiger partial charge in [-0.05, 0) is 43.4 Å². The Morgan fingerprint density at radius 2 is 1.97 bits per heavy atom. The van der Waals surface area contributed by atoms with Crippen LogP contribution in [0.15, 0.2) is 29.3 Å². The summed E-state index contributed by atoms with van der Waals surface area (Å²) in [6.07, 6.45) is 3.34. The van der Waals surface area contributed by atoms with Gasteiger partial charge in [0.15, 0.2) is 11.5 Å². The first-order valence-electron chi connectivity index (χ1n) is 10.9. The summed E-state index contributed by atoms with van der Waals surface area (Å²) in [6, 6.07) is 5.16. The average molecular weight is 469 g/mol. The molecule has 0 spiro atoms. The molecule has 0 atom stereocenters. The number of hydrogen-bond donors (Lipinski definition) is 1. The zero-order valence-electron chi connectivity index (χ0n) is 18.4. The molecule has 1 N–H and O–H groups in total. The third kappa shape index (κ3) is 4.06. The number of thiophene rings is 1. The van der Waals surface area contributed by atoms with Crippen molar-refractivity contribution >= 4 is 39.1 Å². The fraction of sp³-hybridized carbons (Fsp3) is 0.391. The highest BCUT2D eigenvalue weighted by Crippen LogP contribution is 2.35. The van der Waals surface area contributed by atoms with Crippen LogP contribution in [0.1, 0.15) is 35.0 Å². The molecule has 1 fully saturated rings. The van der Waals surface area contributed by atoms with E-state index in [2.05, 4.69) is 17.2 Å². The van der Waals surface area contributed by atoms with Crippen molar-refractivity contribution in [3.63, 3.8) is 0 Å². The number of aromatic nitrogens is 2. The van der Waals surface area contributed by atoms with Crippen molar-refractivity contribution in [2.24, 2.45) is 5.92 Å². The van der Waals surface area contributed by atoms with E-state index in [4.69, 9.17) is 9.47 Å². The summed E-state index contributed by atoms with van der Waals surface area (Å²) in [4.78, 5) is 45.8. The van der Waals surface area contributed by atoms with Crippen LogP contribution in [0.25, 0.3) is 10.2 Å². The summed E-state index contributed by atoms with van der Waals surface area (Å²) in [5.41, 5.74) is 0.807. The molecule has 2 aliphatic heterocycles. The standard InChI is InChI=1S/C23H24N4O5S/c1-13-5-7-26(8-6-13)18(28)10-27-11-24-22-19(23(27)30)14(2)20(33-22)21(29)25-15-3-4-16-17(9-15)32-12-31-16/h3-4,9,11,13H,5-8,10,12H2,1-2H3,(H,25,29). The molecule has 3 aromatic rings. The average Bonchev–Trinajstić information content (AvgIpc) is 3.40. The molecule has 2 amide bonds. The summed E-state index contributed by atoms with van der Waals surface area (Å²) >= 11 is 1.16. The Morgan fingerprint density at radius 1 is 1.21 bits per heavy atom. The molecule has 0 saturated carbocycles. The molecule has 2 aliphatic rings. The lowest BCUT2D eigenvalue weighted by atomic mass is 9.99. The van der Waals surface area contributed by atoms with Crippen LogP contribution >= 0.6 is 11.3 Å². The number of carbonyl (C=O) groups is 2. The molecular weight excluding hydrogens is 444 g/mol. The van der Waals surface area contributed by atoms with Crippen molar-refractivity contribution in [2.75, 3.05) is 25.2 Å². The topological polar surface area (TPSA) is 103 Å². The van der Waals surface area contributed by atoms with Gasteiger partial charge in [-0.25, -0.2) is 4.98 Å². The molecule has 2 aromatic heterocycles. The number of nitrogens with one attached hydrogen (secondary N) is 1. The van der Waals surface area contributed by atoms with Crippen molar-refractivity contribution in [1.82, 2.24) is 14.5 Å².